The Morgan fingerprint density at radius 3 is 2.42 bits per heavy atom. The van der Waals surface area contributed by atoms with Crippen LogP contribution in [0.15, 0.2) is 89.5 Å². The van der Waals surface area contributed by atoms with Crippen molar-refractivity contribution in [1.29, 1.82) is 0 Å². The van der Waals surface area contributed by atoms with Gasteiger partial charge in [0.05, 0.1) is 18.3 Å². The van der Waals surface area contributed by atoms with Crippen LogP contribution in [0.3, 0.4) is 0 Å². The maximum absolute atomic E-state index is 13.7. The fourth-order valence-corrected chi connectivity index (χ4v) is 4.12. The summed E-state index contributed by atoms with van der Waals surface area (Å²) in [6.07, 6.45) is 1.75. The Bertz CT molecular complexity index is 1220. The molecule has 3 aromatic carbocycles. The van der Waals surface area contributed by atoms with Crippen molar-refractivity contribution in [2.24, 2.45) is 0 Å². The van der Waals surface area contributed by atoms with E-state index in [4.69, 9.17) is 0 Å². The molecular weight excluding hydrogens is 454 g/mol. The molecule has 1 amide bonds. The first-order chi connectivity index (χ1) is 15.0. The van der Waals surface area contributed by atoms with Crippen LogP contribution in [-0.4, -0.2) is 35.2 Å². The third-order valence-corrected chi connectivity index (χ3v) is 5.89. The normalized spacial score (nSPS) is 12.1. The number of H-pyrrole nitrogens is 1. The molecule has 0 bridgehead atoms. The highest BCUT2D eigenvalue weighted by molar-refractivity contribution is 9.10. The lowest BCUT2D eigenvalue weighted by Crippen LogP contribution is -2.37. The van der Waals surface area contributed by atoms with Crippen LogP contribution in [-0.2, 0) is 4.79 Å². The van der Waals surface area contributed by atoms with E-state index in [1.165, 1.54) is 0 Å². The van der Waals surface area contributed by atoms with Crippen molar-refractivity contribution in [3.05, 3.63) is 101 Å². The van der Waals surface area contributed by atoms with Crippen LogP contribution in [0.5, 0.6) is 0 Å². The van der Waals surface area contributed by atoms with E-state index in [-0.39, 0.29) is 18.2 Å². The molecule has 0 spiro atoms. The van der Waals surface area contributed by atoms with Crippen LogP contribution in [0.4, 0.5) is 5.69 Å². The molecule has 0 aliphatic carbocycles. The Hall–Kier alpha value is -3.22. The van der Waals surface area contributed by atoms with E-state index < -0.39 is 6.04 Å². The number of Topliss-reactive ketones (excluding diaryl/α,β-unsaturated/α-hetero) is 1. The fraction of sp³-hybridized carbons (Fsp3) is 0.120. The van der Waals surface area contributed by atoms with Crippen molar-refractivity contribution < 1.29 is 9.59 Å². The van der Waals surface area contributed by atoms with E-state index in [1.54, 1.807) is 18.1 Å². The third-order valence-electron chi connectivity index (χ3n) is 5.20. The molecule has 0 aliphatic rings. The summed E-state index contributed by atoms with van der Waals surface area (Å²) in [4.78, 5) is 31.3. The number of ketones is 1. The Kier molecular flexibility index (Phi) is 6.30. The van der Waals surface area contributed by atoms with Crippen molar-refractivity contribution in [3.63, 3.8) is 0 Å². The number of aromatic amines is 1. The number of halogens is 1. The van der Waals surface area contributed by atoms with Gasteiger partial charge >= 0.3 is 0 Å². The number of hydrogen-bond acceptors (Lipinski definition) is 3. The van der Waals surface area contributed by atoms with Gasteiger partial charge in [0.15, 0.2) is 5.78 Å². The maximum Gasteiger partial charge on any atom is 0.238 e. The Labute approximate surface area is 189 Å². The number of likely N-dealkylation sites (N-methyl/N-ethyl adjacent to an activating group) is 1. The van der Waals surface area contributed by atoms with Crippen LogP contribution < -0.4 is 5.32 Å². The quantitative estimate of drug-likeness (QED) is 0.350. The molecule has 4 rings (SSSR count). The van der Waals surface area contributed by atoms with Gasteiger partial charge in [-0.05, 0) is 46.7 Å². The van der Waals surface area contributed by atoms with E-state index in [0.717, 1.165) is 20.9 Å². The first-order valence-corrected chi connectivity index (χ1v) is 10.7. The maximum atomic E-state index is 13.7. The first-order valence-electron chi connectivity index (χ1n) is 9.94. The molecule has 2 N–H and O–H groups in total. The molecule has 1 heterocycles. The van der Waals surface area contributed by atoms with Crippen molar-refractivity contribution in [2.45, 2.75) is 6.04 Å². The second-order valence-corrected chi connectivity index (χ2v) is 8.22. The number of hydrogen-bond donors (Lipinski definition) is 2. The van der Waals surface area contributed by atoms with Gasteiger partial charge in [0, 0.05) is 27.1 Å². The number of anilines is 1. The third kappa shape index (κ3) is 4.60. The zero-order valence-corrected chi connectivity index (χ0v) is 18.6. The minimum absolute atomic E-state index is 0.0557. The lowest BCUT2D eigenvalue weighted by molar-refractivity contribution is -0.117. The minimum Gasteiger partial charge on any atom is -0.360 e. The number of carbonyl (C=O) groups excluding carboxylic acids is 2. The average molecular weight is 476 g/mol. The van der Waals surface area contributed by atoms with E-state index in [0.29, 0.717) is 11.3 Å². The van der Waals surface area contributed by atoms with Crippen molar-refractivity contribution >= 4 is 44.2 Å². The van der Waals surface area contributed by atoms with E-state index in [1.807, 2.05) is 78.9 Å². The van der Waals surface area contributed by atoms with Crippen LogP contribution in [0.2, 0.25) is 0 Å². The number of carbonyl (C=O) groups is 2. The summed E-state index contributed by atoms with van der Waals surface area (Å²) in [5, 5.41) is 3.78. The molecule has 0 aliphatic heterocycles. The van der Waals surface area contributed by atoms with Crippen molar-refractivity contribution in [3.8, 4) is 0 Å². The Balaban J connectivity index is 1.61. The SMILES string of the molecule is CN(CC(=O)Nc1ccccc1Br)C(C(=O)c1c[nH]c2ccccc12)c1ccccc1. The average Bonchev–Trinajstić information content (AvgIpc) is 3.20. The smallest absolute Gasteiger partial charge is 0.238 e. The van der Waals surface area contributed by atoms with Gasteiger partial charge in [-0.1, -0.05) is 60.7 Å². The summed E-state index contributed by atoms with van der Waals surface area (Å²) < 4.78 is 0.806. The lowest BCUT2D eigenvalue weighted by Gasteiger charge is -2.27. The zero-order valence-electron chi connectivity index (χ0n) is 17.0. The summed E-state index contributed by atoms with van der Waals surface area (Å²) in [5.41, 5.74) is 3.06. The van der Waals surface area contributed by atoms with Crippen molar-refractivity contribution in [1.82, 2.24) is 9.88 Å². The number of benzene rings is 3. The molecule has 31 heavy (non-hydrogen) atoms. The topological polar surface area (TPSA) is 65.2 Å². The monoisotopic (exact) mass is 475 g/mol. The highest BCUT2D eigenvalue weighted by atomic mass is 79.9. The first kappa shape index (κ1) is 21.0. The molecule has 1 aromatic heterocycles. The lowest BCUT2D eigenvalue weighted by atomic mass is 9.96. The molecule has 0 radical (unpaired) electrons. The number of aromatic nitrogens is 1. The number of fused-ring (bicyclic) bond motifs is 1. The van der Waals surface area contributed by atoms with E-state index in [9.17, 15) is 9.59 Å². The highest BCUT2D eigenvalue weighted by Crippen LogP contribution is 2.28. The van der Waals surface area contributed by atoms with Gasteiger partial charge in [0.25, 0.3) is 0 Å². The molecule has 5 nitrogen and oxygen atoms in total. The largest absolute Gasteiger partial charge is 0.360 e. The van der Waals surface area contributed by atoms with Gasteiger partial charge in [-0.2, -0.15) is 0 Å². The molecule has 4 aromatic rings. The molecule has 6 heteroatoms. The molecule has 0 fully saturated rings. The Morgan fingerprint density at radius 1 is 0.968 bits per heavy atom. The second-order valence-electron chi connectivity index (χ2n) is 7.37. The molecule has 0 saturated carbocycles. The number of rotatable bonds is 7. The molecule has 1 unspecified atom stereocenters. The van der Waals surface area contributed by atoms with Crippen LogP contribution in [0.25, 0.3) is 10.9 Å². The summed E-state index contributed by atoms with van der Waals surface area (Å²) in [7, 11) is 1.80. The van der Waals surface area contributed by atoms with E-state index in [2.05, 4.69) is 26.2 Å². The number of amides is 1. The fourth-order valence-electron chi connectivity index (χ4n) is 3.73. The van der Waals surface area contributed by atoms with Gasteiger partial charge in [-0.25, -0.2) is 0 Å². The summed E-state index contributed by atoms with van der Waals surface area (Å²) >= 11 is 3.44. The summed E-state index contributed by atoms with van der Waals surface area (Å²) in [5.74, 6) is -0.248. The predicted molar refractivity (Wildman–Crippen MR) is 127 cm³/mol. The molecule has 1 atom stereocenters. The number of para-hydroxylation sites is 2. The second kappa shape index (κ2) is 9.29. The van der Waals surface area contributed by atoms with Gasteiger partial charge < -0.3 is 10.3 Å². The highest BCUT2D eigenvalue weighted by Gasteiger charge is 2.29. The standard InChI is InChI=1S/C25H22BrN3O2/c1-29(16-23(30)28-22-14-8-6-12-20(22)26)24(17-9-3-2-4-10-17)25(31)19-15-27-21-13-7-5-11-18(19)21/h2-15,24,27H,16H2,1H3,(H,28,30). The summed E-state index contributed by atoms with van der Waals surface area (Å²) in [6, 6.07) is 24.1. The van der Waals surface area contributed by atoms with Crippen molar-refractivity contribution in [2.75, 3.05) is 18.9 Å². The predicted octanol–water partition coefficient (Wildman–Crippen LogP) is 5.42. The Morgan fingerprint density at radius 2 is 1.65 bits per heavy atom. The zero-order chi connectivity index (χ0) is 21.8. The van der Waals surface area contributed by atoms with Crippen LogP contribution in [0, 0.1) is 0 Å². The van der Waals surface area contributed by atoms with E-state index >= 15 is 0 Å². The van der Waals surface area contributed by atoms with Gasteiger partial charge in [0.2, 0.25) is 5.91 Å². The van der Waals surface area contributed by atoms with Gasteiger partial charge in [-0.15, -0.1) is 0 Å². The minimum atomic E-state index is -0.592. The molecule has 156 valence electrons. The molecular formula is C25H22BrN3O2. The number of nitrogens with one attached hydrogen (secondary N) is 2. The number of nitrogens with zero attached hydrogens (tertiary/aromatic N) is 1. The van der Waals surface area contributed by atoms with Crippen LogP contribution >= 0.6 is 15.9 Å². The van der Waals surface area contributed by atoms with Gasteiger partial charge in [0.1, 0.15) is 0 Å². The summed E-state index contributed by atoms with van der Waals surface area (Å²) in [6.45, 7) is 0.0645. The molecule has 0 saturated heterocycles. The van der Waals surface area contributed by atoms with Crippen LogP contribution in [0.1, 0.15) is 22.0 Å². The van der Waals surface area contributed by atoms with Gasteiger partial charge in [-0.3, -0.25) is 14.5 Å².